The van der Waals surface area contributed by atoms with E-state index in [9.17, 15) is 8.42 Å². The molecule has 0 spiro atoms. The summed E-state index contributed by atoms with van der Waals surface area (Å²) in [6.45, 7) is 5.02. The highest BCUT2D eigenvalue weighted by atomic mass is 127. The largest absolute Gasteiger partial charge is 0.357 e. The van der Waals surface area contributed by atoms with Crippen LogP contribution in [0.2, 0.25) is 0 Å². The smallest absolute Gasteiger partial charge is 0.191 e. The minimum Gasteiger partial charge on any atom is -0.357 e. The second-order valence-electron chi connectivity index (χ2n) is 6.13. The third-order valence-corrected chi connectivity index (χ3v) is 4.49. The molecule has 0 aliphatic rings. The maximum Gasteiger partial charge on any atom is 0.191 e. The number of aromatic nitrogens is 2. The van der Waals surface area contributed by atoms with Crippen LogP contribution in [0, 0.1) is 0 Å². The minimum absolute atomic E-state index is 0. The summed E-state index contributed by atoms with van der Waals surface area (Å²) < 4.78 is 24.6. The van der Waals surface area contributed by atoms with Crippen LogP contribution < -0.4 is 10.6 Å². The molecule has 0 saturated carbocycles. The van der Waals surface area contributed by atoms with Crippen molar-refractivity contribution in [3.63, 3.8) is 0 Å². The Balaban J connectivity index is 0.00000364. The van der Waals surface area contributed by atoms with E-state index in [1.54, 1.807) is 6.20 Å². The number of rotatable bonds is 9. The molecule has 7 nitrogen and oxygen atoms in total. The molecule has 0 aliphatic heterocycles. The van der Waals surface area contributed by atoms with Gasteiger partial charge >= 0.3 is 0 Å². The normalized spacial score (nSPS) is 11.7. The lowest BCUT2D eigenvalue weighted by Crippen LogP contribution is -2.38. The summed E-state index contributed by atoms with van der Waals surface area (Å²) in [5.41, 5.74) is 1.83. The fourth-order valence-electron chi connectivity index (χ4n) is 2.44. The number of nitrogens with zero attached hydrogens (tertiary/aromatic N) is 3. The van der Waals surface area contributed by atoms with Crippen LogP contribution in [0.15, 0.2) is 47.7 Å². The minimum atomic E-state index is -3.01. The number of sulfone groups is 1. The predicted octanol–water partition coefficient (Wildman–Crippen LogP) is 2.19. The van der Waals surface area contributed by atoms with E-state index in [2.05, 4.69) is 20.7 Å². The van der Waals surface area contributed by atoms with E-state index < -0.39 is 9.84 Å². The first-order valence-corrected chi connectivity index (χ1v) is 10.8. The van der Waals surface area contributed by atoms with E-state index in [4.69, 9.17) is 0 Å². The van der Waals surface area contributed by atoms with E-state index in [0.717, 1.165) is 43.1 Å². The summed E-state index contributed by atoms with van der Waals surface area (Å²) >= 11 is 0. The van der Waals surface area contributed by atoms with Gasteiger partial charge in [-0.3, -0.25) is 4.68 Å². The number of aryl methyl sites for hydroxylation is 1. The molecule has 27 heavy (non-hydrogen) atoms. The molecule has 0 saturated heterocycles. The van der Waals surface area contributed by atoms with Crippen molar-refractivity contribution >= 4 is 39.8 Å². The van der Waals surface area contributed by atoms with Crippen LogP contribution >= 0.6 is 24.0 Å². The molecule has 2 N–H and O–H groups in total. The lowest BCUT2D eigenvalue weighted by atomic mass is 10.1. The number of guanidine groups is 1. The maximum absolute atomic E-state index is 11.3. The molecule has 0 amide bonds. The second kappa shape index (κ2) is 12.0. The number of aliphatic imine (C=N–C) groups is 1. The van der Waals surface area contributed by atoms with Crippen molar-refractivity contribution in [2.75, 3.05) is 19.3 Å². The van der Waals surface area contributed by atoms with Gasteiger partial charge in [0.05, 0.1) is 12.3 Å². The molecular weight excluding hydrogens is 477 g/mol. The van der Waals surface area contributed by atoms with Crippen LogP contribution in [0.1, 0.15) is 24.5 Å². The Morgan fingerprint density at radius 1 is 1.19 bits per heavy atom. The van der Waals surface area contributed by atoms with Gasteiger partial charge in [0.15, 0.2) is 15.8 Å². The summed E-state index contributed by atoms with van der Waals surface area (Å²) in [6.07, 6.45) is 5.92. The number of hydrogen-bond acceptors (Lipinski definition) is 4. The molecule has 2 aromatic rings. The fraction of sp³-hybridized carbons (Fsp3) is 0.444. The topological polar surface area (TPSA) is 88.4 Å². The summed E-state index contributed by atoms with van der Waals surface area (Å²) in [6, 6.07) is 9.45. The molecule has 1 heterocycles. The molecular formula is C18H28IN5O2S. The fourth-order valence-corrected chi connectivity index (χ4v) is 3.23. The van der Waals surface area contributed by atoms with E-state index in [1.807, 2.05) is 48.1 Å². The van der Waals surface area contributed by atoms with Gasteiger partial charge in [-0.15, -0.1) is 24.0 Å². The molecule has 0 atom stereocenters. The highest BCUT2D eigenvalue weighted by Gasteiger charge is 2.04. The van der Waals surface area contributed by atoms with Crippen molar-refractivity contribution in [3.8, 4) is 0 Å². The van der Waals surface area contributed by atoms with Gasteiger partial charge in [-0.25, -0.2) is 13.4 Å². The van der Waals surface area contributed by atoms with Crippen molar-refractivity contribution in [2.24, 2.45) is 4.99 Å². The molecule has 0 bridgehead atoms. The zero-order chi connectivity index (χ0) is 18.8. The molecule has 1 aromatic carbocycles. The maximum atomic E-state index is 11.3. The van der Waals surface area contributed by atoms with Gasteiger partial charge in [-0.05, 0) is 30.5 Å². The van der Waals surface area contributed by atoms with Gasteiger partial charge in [-0.1, -0.05) is 24.3 Å². The average molecular weight is 505 g/mol. The molecule has 2 rings (SSSR count). The van der Waals surface area contributed by atoms with Gasteiger partial charge in [0.2, 0.25) is 0 Å². The van der Waals surface area contributed by atoms with E-state index in [-0.39, 0.29) is 29.7 Å². The zero-order valence-electron chi connectivity index (χ0n) is 15.8. The van der Waals surface area contributed by atoms with Crippen molar-refractivity contribution < 1.29 is 8.42 Å². The first kappa shape index (κ1) is 23.4. The van der Waals surface area contributed by atoms with Crippen LogP contribution in [-0.4, -0.2) is 43.5 Å². The first-order chi connectivity index (χ1) is 12.5. The standard InChI is InChI=1S/C18H27N5O2S.HI/c1-3-19-18(20-10-4-12-23-13-5-11-22-23)21-14-16-6-8-17(9-7-16)15-26(2,24)25;/h5-9,11,13H,3-4,10,12,14-15H2,1-2H3,(H2,19,20,21);1H. The van der Waals surface area contributed by atoms with Gasteiger partial charge in [0.25, 0.3) is 0 Å². The zero-order valence-corrected chi connectivity index (χ0v) is 18.9. The van der Waals surface area contributed by atoms with Gasteiger partial charge in [0, 0.05) is 38.3 Å². The first-order valence-electron chi connectivity index (χ1n) is 8.71. The van der Waals surface area contributed by atoms with Crippen LogP contribution in [0.25, 0.3) is 0 Å². The van der Waals surface area contributed by atoms with Crippen LogP contribution in [0.3, 0.4) is 0 Å². The van der Waals surface area contributed by atoms with Crippen LogP contribution in [0.4, 0.5) is 0 Å². The molecule has 0 aliphatic carbocycles. The molecule has 0 unspecified atom stereocenters. The highest BCUT2D eigenvalue weighted by molar-refractivity contribution is 14.0. The van der Waals surface area contributed by atoms with Crippen LogP contribution in [-0.2, 0) is 28.7 Å². The SMILES string of the molecule is CCNC(=NCc1ccc(CS(C)(=O)=O)cc1)NCCCn1cccn1.I. The number of benzene rings is 1. The third kappa shape index (κ3) is 9.76. The van der Waals surface area contributed by atoms with E-state index in [1.165, 1.54) is 6.26 Å². The van der Waals surface area contributed by atoms with E-state index >= 15 is 0 Å². The molecule has 9 heteroatoms. The summed E-state index contributed by atoms with van der Waals surface area (Å²) in [5, 5.41) is 10.7. The van der Waals surface area contributed by atoms with Crippen LogP contribution in [0.5, 0.6) is 0 Å². The second-order valence-corrected chi connectivity index (χ2v) is 8.27. The van der Waals surface area contributed by atoms with Crippen molar-refractivity contribution in [3.05, 3.63) is 53.9 Å². The Kier molecular flexibility index (Phi) is 10.4. The molecule has 0 fully saturated rings. The summed E-state index contributed by atoms with van der Waals surface area (Å²) in [4.78, 5) is 4.58. The van der Waals surface area contributed by atoms with Crippen molar-refractivity contribution in [1.29, 1.82) is 0 Å². The highest BCUT2D eigenvalue weighted by Crippen LogP contribution is 2.08. The number of nitrogens with one attached hydrogen (secondary N) is 2. The quantitative estimate of drug-likeness (QED) is 0.236. The molecule has 150 valence electrons. The lowest BCUT2D eigenvalue weighted by molar-refractivity contribution is 0.570. The Bertz CT molecular complexity index is 790. The number of hydrogen-bond donors (Lipinski definition) is 2. The predicted molar refractivity (Wildman–Crippen MR) is 120 cm³/mol. The monoisotopic (exact) mass is 505 g/mol. The van der Waals surface area contributed by atoms with Crippen molar-refractivity contribution in [2.45, 2.75) is 32.2 Å². The molecule has 0 radical (unpaired) electrons. The van der Waals surface area contributed by atoms with Gasteiger partial charge in [-0.2, -0.15) is 5.10 Å². The Hall–Kier alpha value is -1.62. The average Bonchev–Trinajstić information content (AvgIpc) is 3.10. The lowest BCUT2D eigenvalue weighted by Gasteiger charge is -2.11. The van der Waals surface area contributed by atoms with Gasteiger partial charge < -0.3 is 10.6 Å². The number of halogens is 1. The third-order valence-electron chi connectivity index (χ3n) is 3.63. The summed E-state index contributed by atoms with van der Waals surface area (Å²) in [7, 11) is -3.01. The summed E-state index contributed by atoms with van der Waals surface area (Å²) in [5.74, 6) is 0.838. The van der Waals surface area contributed by atoms with Crippen molar-refractivity contribution in [1.82, 2.24) is 20.4 Å². The van der Waals surface area contributed by atoms with Gasteiger partial charge in [0.1, 0.15) is 0 Å². The molecule has 1 aromatic heterocycles. The Morgan fingerprint density at radius 2 is 1.89 bits per heavy atom. The Labute approximate surface area is 178 Å². The van der Waals surface area contributed by atoms with E-state index in [0.29, 0.717) is 6.54 Å². The Morgan fingerprint density at radius 3 is 2.48 bits per heavy atom.